The van der Waals surface area contributed by atoms with E-state index in [-0.39, 0.29) is 28.6 Å². The monoisotopic (exact) mass is 300 g/mol. The van der Waals surface area contributed by atoms with Crippen LogP contribution in [-0.2, 0) is 5.41 Å². The molecule has 1 aromatic rings. The summed E-state index contributed by atoms with van der Waals surface area (Å²) >= 11 is 0. The van der Waals surface area contributed by atoms with Crippen molar-refractivity contribution in [1.82, 2.24) is 0 Å². The average Bonchev–Trinajstić information content (AvgIpc) is 2.46. The van der Waals surface area contributed by atoms with Gasteiger partial charge in [0, 0.05) is 12.0 Å². The lowest BCUT2D eigenvalue weighted by atomic mass is 9.49. The van der Waals surface area contributed by atoms with Crippen molar-refractivity contribution in [3.63, 3.8) is 0 Å². The van der Waals surface area contributed by atoms with Gasteiger partial charge in [0.25, 0.3) is 0 Å². The minimum absolute atomic E-state index is 0.00147. The summed E-state index contributed by atoms with van der Waals surface area (Å²) < 4.78 is 0. The first-order valence-electron chi connectivity index (χ1n) is 8.53. The largest absolute Gasteiger partial charge is 0.393 e. The van der Waals surface area contributed by atoms with Gasteiger partial charge >= 0.3 is 0 Å². The number of aliphatic hydroxyl groups is 1. The van der Waals surface area contributed by atoms with Crippen LogP contribution in [0.25, 0.3) is 0 Å². The van der Waals surface area contributed by atoms with E-state index in [4.69, 9.17) is 0 Å². The second kappa shape index (κ2) is 4.92. The highest BCUT2D eigenvalue weighted by Crippen LogP contribution is 2.57. The summed E-state index contributed by atoms with van der Waals surface area (Å²) in [5.74, 6) is 0.907. The Morgan fingerprint density at radius 3 is 2.55 bits per heavy atom. The lowest BCUT2D eigenvalue weighted by Gasteiger charge is -2.55. The normalized spacial score (nSPS) is 33.5. The highest BCUT2D eigenvalue weighted by molar-refractivity contribution is 5.99. The number of rotatable bonds is 1. The van der Waals surface area contributed by atoms with E-state index in [1.165, 1.54) is 11.1 Å². The summed E-state index contributed by atoms with van der Waals surface area (Å²) in [4.78, 5) is 12.8. The van der Waals surface area contributed by atoms with Crippen molar-refractivity contribution in [2.24, 2.45) is 11.3 Å². The topological polar surface area (TPSA) is 37.3 Å². The predicted octanol–water partition coefficient (Wildman–Crippen LogP) is 4.45. The number of benzene rings is 1. The lowest BCUT2D eigenvalue weighted by Crippen LogP contribution is -2.54. The van der Waals surface area contributed by atoms with Crippen LogP contribution in [0.2, 0.25) is 0 Å². The van der Waals surface area contributed by atoms with E-state index >= 15 is 0 Å². The van der Waals surface area contributed by atoms with Crippen LogP contribution >= 0.6 is 0 Å². The van der Waals surface area contributed by atoms with Crippen LogP contribution in [0.1, 0.15) is 81.3 Å². The molecule has 0 spiro atoms. The number of Topliss-reactive ketones (excluding diaryl/α,β-unsaturated/α-hetero) is 1. The maximum absolute atomic E-state index is 12.8. The SMILES string of the molecule is CC(C)c1ccc2c(c1)C(=O)C[C@H]1C(C)(C)[C@H](O)CC[C@]21C. The van der Waals surface area contributed by atoms with Gasteiger partial charge in [0.05, 0.1) is 6.10 Å². The minimum Gasteiger partial charge on any atom is -0.393 e. The van der Waals surface area contributed by atoms with E-state index in [1.807, 2.05) is 0 Å². The standard InChI is InChI=1S/C20H28O2/c1-12(2)13-6-7-15-14(10-13)16(21)11-17-19(3,4)18(22)8-9-20(15,17)5/h6-7,10,12,17-18,22H,8-9,11H2,1-5H3/t17-,18+,20+/m0/s1. The fourth-order valence-corrected chi connectivity index (χ4v) is 4.79. The molecular weight excluding hydrogens is 272 g/mol. The summed E-state index contributed by atoms with van der Waals surface area (Å²) in [7, 11) is 0. The van der Waals surface area contributed by atoms with Crippen LogP contribution in [0.5, 0.6) is 0 Å². The molecule has 2 heteroatoms. The Balaban J connectivity index is 2.14. The Morgan fingerprint density at radius 1 is 1.23 bits per heavy atom. The molecule has 1 N–H and O–H groups in total. The van der Waals surface area contributed by atoms with Gasteiger partial charge in [-0.05, 0) is 52.7 Å². The fourth-order valence-electron chi connectivity index (χ4n) is 4.79. The summed E-state index contributed by atoms with van der Waals surface area (Å²) in [6.07, 6.45) is 2.04. The smallest absolute Gasteiger partial charge is 0.163 e. The Morgan fingerprint density at radius 2 is 1.91 bits per heavy atom. The highest BCUT2D eigenvalue weighted by Gasteiger charge is 2.55. The number of carbonyl (C=O) groups is 1. The number of hydrogen-bond donors (Lipinski definition) is 1. The van der Waals surface area contributed by atoms with Crippen molar-refractivity contribution < 1.29 is 9.90 Å². The summed E-state index contributed by atoms with van der Waals surface area (Å²) in [6, 6.07) is 6.48. The fraction of sp³-hybridized carbons (Fsp3) is 0.650. The molecule has 120 valence electrons. The van der Waals surface area contributed by atoms with Gasteiger partial charge in [-0.3, -0.25) is 4.79 Å². The van der Waals surface area contributed by atoms with E-state index in [0.29, 0.717) is 12.3 Å². The van der Waals surface area contributed by atoms with Crippen LogP contribution in [-0.4, -0.2) is 17.0 Å². The van der Waals surface area contributed by atoms with Crippen molar-refractivity contribution in [2.45, 2.75) is 71.3 Å². The Labute approximate surface area is 133 Å². The molecule has 0 unspecified atom stereocenters. The number of fused-ring (bicyclic) bond motifs is 3. The van der Waals surface area contributed by atoms with E-state index in [9.17, 15) is 9.90 Å². The maximum atomic E-state index is 12.8. The first-order valence-corrected chi connectivity index (χ1v) is 8.53. The second-order valence-electron chi connectivity index (χ2n) is 8.43. The zero-order valence-electron chi connectivity index (χ0n) is 14.4. The first kappa shape index (κ1) is 15.7. The van der Waals surface area contributed by atoms with Crippen molar-refractivity contribution >= 4 is 5.78 Å². The molecule has 2 aliphatic rings. The zero-order valence-corrected chi connectivity index (χ0v) is 14.4. The molecule has 1 saturated carbocycles. The molecule has 1 aromatic carbocycles. The molecule has 0 aromatic heterocycles. The number of ketones is 1. The van der Waals surface area contributed by atoms with Crippen molar-refractivity contribution in [3.8, 4) is 0 Å². The summed E-state index contributed by atoms with van der Waals surface area (Å²) in [6.45, 7) is 10.9. The lowest BCUT2D eigenvalue weighted by molar-refractivity contribution is -0.0687. The molecule has 0 saturated heterocycles. The van der Waals surface area contributed by atoms with Gasteiger partial charge in [0.15, 0.2) is 5.78 Å². The van der Waals surface area contributed by atoms with Gasteiger partial charge in [-0.25, -0.2) is 0 Å². The second-order valence-corrected chi connectivity index (χ2v) is 8.43. The Kier molecular flexibility index (Phi) is 3.52. The molecule has 1 fully saturated rings. The molecule has 0 heterocycles. The van der Waals surface area contributed by atoms with Gasteiger partial charge in [0.2, 0.25) is 0 Å². The summed E-state index contributed by atoms with van der Waals surface area (Å²) in [5.41, 5.74) is 3.16. The number of hydrogen-bond acceptors (Lipinski definition) is 2. The maximum Gasteiger partial charge on any atom is 0.163 e. The number of aliphatic hydroxyl groups excluding tert-OH is 1. The molecular formula is C20H28O2. The molecule has 0 aliphatic heterocycles. The van der Waals surface area contributed by atoms with E-state index in [1.54, 1.807) is 0 Å². The minimum atomic E-state index is -0.310. The van der Waals surface area contributed by atoms with Crippen LogP contribution in [0.4, 0.5) is 0 Å². The van der Waals surface area contributed by atoms with Gasteiger partial charge < -0.3 is 5.11 Å². The molecule has 0 bridgehead atoms. The highest BCUT2D eigenvalue weighted by atomic mass is 16.3. The Bertz CT molecular complexity index is 614. The van der Waals surface area contributed by atoms with Gasteiger partial charge in [-0.1, -0.05) is 46.8 Å². The van der Waals surface area contributed by atoms with Gasteiger partial charge in [-0.2, -0.15) is 0 Å². The van der Waals surface area contributed by atoms with E-state index in [0.717, 1.165) is 18.4 Å². The molecule has 22 heavy (non-hydrogen) atoms. The molecule has 3 atom stereocenters. The van der Waals surface area contributed by atoms with Crippen LogP contribution in [0.3, 0.4) is 0 Å². The van der Waals surface area contributed by atoms with E-state index in [2.05, 4.69) is 52.8 Å². The number of carbonyl (C=O) groups excluding carboxylic acids is 1. The molecule has 2 aliphatic carbocycles. The van der Waals surface area contributed by atoms with Crippen LogP contribution in [0.15, 0.2) is 18.2 Å². The summed E-state index contributed by atoms with van der Waals surface area (Å²) in [5, 5.41) is 10.4. The third kappa shape index (κ3) is 2.07. The van der Waals surface area contributed by atoms with E-state index < -0.39 is 0 Å². The molecule has 3 rings (SSSR count). The Hall–Kier alpha value is -1.15. The van der Waals surface area contributed by atoms with Crippen LogP contribution in [0, 0.1) is 11.3 Å². The first-order chi connectivity index (χ1) is 10.2. The third-order valence-corrected chi connectivity index (χ3v) is 6.48. The van der Waals surface area contributed by atoms with Crippen molar-refractivity contribution in [2.75, 3.05) is 0 Å². The third-order valence-electron chi connectivity index (χ3n) is 6.48. The molecule has 2 nitrogen and oxygen atoms in total. The van der Waals surface area contributed by atoms with Crippen LogP contribution < -0.4 is 0 Å². The molecule has 0 radical (unpaired) electrons. The van der Waals surface area contributed by atoms with Crippen molar-refractivity contribution in [3.05, 3.63) is 34.9 Å². The quantitative estimate of drug-likeness (QED) is 0.832. The predicted molar refractivity (Wildman–Crippen MR) is 89.3 cm³/mol. The molecule has 0 amide bonds. The van der Waals surface area contributed by atoms with Crippen molar-refractivity contribution in [1.29, 1.82) is 0 Å². The average molecular weight is 300 g/mol. The van der Waals surface area contributed by atoms with Gasteiger partial charge in [0.1, 0.15) is 0 Å². The van der Waals surface area contributed by atoms with Gasteiger partial charge in [-0.15, -0.1) is 0 Å². The zero-order chi connectivity index (χ0) is 16.3.